The molecule has 2 aliphatic heterocycles. The largest absolute Gasteiger partial charge is 0.489 e. The zero-order valence-corrected chi connectivity index (χ0v) is 21.9. The third-order valence-electron chi connectivity index (χ3n) is 7.25. The van der Waals surface area contributed by atoms with Crippen molar-refractivity contribution >= 4 is 24.5 Å². The number of likely N-dealkylation sites (N-methyl/N-ethyl adjacent to an activating group) is 1. The first-order valence-electron chi connectivity index (χ1n) is 13.0. The first kappa shape index (κ1) is 27.5. The Bertz CT molecular complexity index is 1140. The van der Waals surface area contributed by atoms with Gasteiger partial charge in [-0.15, -0.1) is 0 Å². The maximum atomic E-state index is 13.3. The fraction of sp³-hybridized carbons (Fsp3) is 0.448. The minimum atomic E-state index is -1.08. The third kappa shape index (κ3) is 6.46. The van der Waals surface area contributed by atoms with Crippen LogP contribution >= 0.6 is 0 Å². The number of morpholine rings is 1. The first-order chi connectivity index (χ1) is 18.4. The molecule has 9 heteroatoms. The van der Waals surface area contributed by atoms with Gasteiger partial charge in [-0.3, -0.25) is 24.2 Å². The SMILES string of the molecule is CNC(=O)C(CCC=O)N(C=O)C(=O)c1cccc(OCc2ccc(CN3CC4CCC(C3)O4)cc2)c1C. The second kappa shape index (κ2) is 12.8. The van der Waals surface area contributed by atoms with E-state index < -0.39 is 17.9 Å². The molecule has 3 unspecified atom stereocenters. The van der Waals surface area contributed by atoms with Crippen molar-refractivity contribution in [2.24, 2.45) is 0 Å². The lowest BCUT2D eigenvalue weighted by molar-refractivity contribution is -0.131. The van der Waals surface area contributed by atoms with Gasteiger partial charge in [-0.25, -0.2) is 0 Å². The van der Waals surface area contributed by atoms with E-state index in [0.29, 0.717) is 42.8 Å². The molecule has 2 aromatic carbocycles. The van der Waals surface area contributed by atoms with Crippen LogP contribution in [0.2, 0.25) is 0 Å². The topological polar surface area (TPSA) is 105 Å². The number of likely N-dealkylation sites (tertiary alicyclic amines) is 1. The number of benzene rings is 2. The molecule has 2 aromatic rings. The average molecular weight is 522 g/mol. The Morgan fingerprint density at radius 1 is 1.11 bits per heavy atom. The average Bonchev–Trinajstić information content (AvgIpc) is 3.28. The lowest BCUT2D eigenvalue weighted by atomic mass is 10.0. The minimum absolute atomic E-state index is 0.0457. The van der Waals surface area contributed by atoms with E-state index in [9.17, 15) is 19.2 Å². The summed E-state index contributed by atoms with van der Waals surface area (Å²) >= 11 is 0. The van der Waals surface area contributed by atoms with Crippen LogP contribution in [0.5, 0.6) is 5.75 Å². The highest BCUT2D eigenvalue weighted by atomic mass is 16.5. The van der Waals surface area contributed by atoms with Crippen LogP contribution in [0.25, 0.3) is 0 Å². The van der Waals surface area contributed by atoms with Crippen LogP contribution in [0, 0.1) is 6.92 Å². The van der Waals surface area contributed by atoms with Gasteiger partial charge in [0, 0.05) is 44.2 Å². The number of nitrogens with one attached hydrogen (secondary N) is 1. The number of fused-ring (bicyclic) bond motifs is 2. The number of ether oxygens (including phenoxy) is 2. The smallest absolute Gasteiger partial charge is 0.261 e. The standard InChI is InChI=1S/C29H35N3O6/c1-20-25(29(36)32(19-34)26(6-4-14-33)28(35)30-2)5-3-7-27(20)37-18-22-10-8-21(9-11-22)15-31-16-23-12-13-24(17-31)38-23/h3,5,7-11,14,19,23-24,26H,4,6,12-13,15-18H2,1-2H3,(H,30,35). The van der Waals surface area contributed by atoms with Crippen molar-refractivity contribution in [3.63, 3.8) is 0 Å². The van der Waals surface area contributed by atoms with Crippen LogP contribution in [0.4, 0.5) is 0 Å². The van der Waals surface area contributed by atoms with E-state index in [1.165, 1.54) is 12.6 Å². The Morgan fingerprint density at radius 3 is 2.42 bits per heavy atom. The molecular formula is C29H35N3O6. The van der Waals surface area contributed by atoms with Gasteiger partial charge in [-0.05, 0) is 49.4 Å². The van der Waals surface area contributed by atoms with Crippen molar-refractivity contribution < 1.29 is 28.7 Å². The Hall–Kier alpha value is -3.56. The number of rotatable bonds is 12. The normalized spacial score (nSPS) is 19.4. The molecule has 0 radical (unpaired) electrons. The summed E-state index contributed by atoms with van der Waals surface area (Å²) in [7, 11) is 1.42. The van der Waals surface area contributed by atoms with Crippen molar-refractivity contribution in [1.29, 1.82) is 0 Å². The van der Waals surface area contributed by atoms with Crippen molar-refractivity contribution in [2.75, 3.05) is 20.1 Å². The molecule has 2 saturated heterocycles. The summed E-state index contributed by atoms with van der Waals surface area (Å²) in [6.07, 6.45) is 4.15. The minimum Gasteiger partial charge on any atom is -0.489 e. The molecule has 9 nitrogen and oxygen atoms in total. The molecule has 0 spiro atoms. The number of hydrogen-bond acceptors (Lipinski definition) is 7. The molecule has 2 fully saturated rings. The highest BCUT2D eigenvalue weighted by molar-refractivity contribution is 6.04. The number of imide groups is 1. The molecule has 4 rings (SSSR count). The van der Waals surface area contributed by atoms with Gasteiger partial charge in [-0.2, -0.15) is 0 Å². The van der Waals surface area contributed by atoms with Crippen LogP contribution in [-0.4, -0.2) is 72.7 Å². The second-order valence-electron chi connectivity index (χ2n) is 9.88. The van der Waals surface area contributed by atoms with Gasteiger partial charge in [0.25, 0.3) is 5.91 Å². The van der Waals surface area contributed by atoms with Gasteiger partial charge in [-0.1, -0.05) is 30.3 Å². The maximum Gasteiger partial charge on any atom is 0.261 e. The molecule has 0 saturated carbocycles. The van der Waals surface area contributed by atoms with Crippen LogP contribution in [0.1, 0.15) is 52.7 Å². The number of aldehydes is 1. The molecule has 3 atom stereocenters. The second-order valence-corrected chi connectivity index (χ2v) is 9.88. The lowest BCUT2D eigenvalue weighted by Gasteiger charge is -2.32. The van der Waals surface area contributed by atoms with E-state index in [0.717, 1.165) is 42.9 Å². The fourth-order valence-electron chi connectivity index (χ4n) is 5.18. The molecule has 202 valence electrons. The van der Waals surface area contributed by atoms with Crippen LogP contribution in [-0.2, 0) is 32.3 Å². The predicted molar refractivity (Wildman–Crippen MR) is 141 cm³/mol. The van der Waals surface area contributed by atoms with E-state index >= 15 is 0 Å². The van der Waals surface area contributed by atoms with Gasteiger partial charge >= 0.3 is 0 Å². The third-order valence-corrected chi connectivity index (χ3v) is 7.25. The van der Waals surface area contributed by atoms with Crippen LogP contribution in [0.3, 0.4) is 0 Å². The number of nitrogens with zero attached hydrogens (tertiary/aromatic N) is 2. The van der Waals surface area contributed by atoms with Gasteiger partial charge < -0.3 is 19.6 Å². The summed E-state index contributed by atoms with van der Waals surface area (Å²) in [4.78, 5) is 51.6. The molecule has 0 aromatic heterocycles. The fourth-order valence-corrected chi connectivity index (χ4v) is 5.18. The van der Waals surface area contributed by atoms with E-state index in [1.807, 2.05) is 12.1 Å². The van der Waals surface area contributed by atoms with Crippen molar-refractivity contribution in [2.45, 2.75) is 64.0 Å². The molecule has 2 bridgehead atoms. The van der Waals surface area contributed by atoms with E-state index in [1.54, 1.807) is 25.1 Å². The number of carbonyl (C=O) groups excluding carboxylic acids is 4. The maximum absolute atomic E-state index is 13.3. The number of amides is 3. The molecule has 38 heavy (non-hydrogen) atoms. The summed E-state index contributed by atoms with van der Waals surface area (Å²) in [5.41, 5.74) is 3.06. The molecule has 1 N–H and O–H groups in total. The number of hydrogen-bond donors (Lipinski definition) is 1. The Balaban J connectivity index is 1.39. The Morgan fingerprint density at radius 2 is 1.79 bits per heavy atom. The number of carbonyl (C=O) groups is 4. The lowest BCUT2D eigenvalue weighted by Crippen LogP contribution is -2.48. The molecule has 2 heterocycles. The zero-order valence-electron chi connectivity index (χ0n) is 21.9. The van der Waals surface area contributed by atoms with Crippen molar-refractivity contribution in [3.05, 3.63) is 64.7 Å². The van der Waals surface area contributed by atoms with E-state index in [-0.39, 0.29) is 18.4 Å². The van der Waals surface area contributed by atoms with Crippen LogP contribution in [0.15, 0.2) is 42.5 Å². The molecule has 2 aliphatic rings. The zero-order chi connectivity index (χ0) is 27.1. The van der Waals surface area contributed by atoms with Crippen molar-refractivity contribution in [3.8, 4) is 5.75 Å². The first-order valence-corrected chi connectivity index (χ1v) is 13.0. The van der Waals surface area contributed by atoms with E-state index in [4.69, 9.17) is 9.47 Å². The summed E-state index contributed by atoms with van der Waals surface area (Å²) in [6.45, 7) is 4.93. The van der Waals surface area contributed by atoms with Gasteiger partial charge in [0.05, 0.1) is 12.2 Å². The monoisotopic (exact) mass is 521 g/mol. The molecular weight excluding hydrogens is 486 g/mol. The summed E-state index contributed by atoms with van der Waals surface area (Å²) < 4.78 is 12.0. The van der Waals surface area contributed by atoms with Gasteiger partial charge in [0.1, 0.15) is 24.7 Å². The molecule has 0 aliphatic carbocycles. The highest BCUT2D eigenvalue weighted by Crippen LogP contribution is 2.28. The van der Waals surface area contributed by atoms with E-state index in [2.05, 4.69) is 22.3 Å². The van der Waals surface area contributed by atoms with Gasteiger partial charge in [0.2, 0.25) is 12.3 Å². The summed E-state index contributed by atoms with van der Waals surface area (Å²) in [5, 5.41) is 2.45. The van der Waals surface area contributed by atoms with Crippen LogP contribution < -0.4 is 10.1 Å². The Labute approximate surface area is 223 Å². The Kier molecular flexibility index (Phi) is 9.25. The summed E-state index contributed by atoms with van der Waals surface area (Å²) in [5.74, 6) is -0.621. The van der Waals surface area contributed by atoms with Crippen molar-refractivity contribution in [1.82, 2.24) is 15.1 Å². The van der Waals surface area contributed by atoms with Gasteiger partial charge in [0.15, 0.2) is 0 Å². The highest BCUT2D eigenvalue weighted by Gasteiger charge is 2.33. The molecule has 3 amide bonds. The quantitative estimate of drug-likeness (QED) is 0.428. The predicted octanol–water partition coefficient (Wildman–Crippen LogP) is 2.63. The summed E-state index contributed by atoms with van der Waals surface area (Å²) in [6, 6.07) is 12.3.